The van der Waals surface area contributed by atoms with E-state index in [0.29, 0.717) is 19.3 Å². The van der Waals surface area contributed by atoms with Crippen molar-refractivity contribution < 1.29 is 28.6 Å². The summed E-state index contributed by atoms with van der Waals surface area (Å²) < 4.78 is 16.8. The molecule has 6 nitrogen and oxygen atoms in total. The number of rotatable bonds is 48. The molecule has 0 bridgehead atoms. The maximum absolute atomic E-state index is 12.8. The number of carbonyl (C=O) groups is 3. The van der Waals surface area contributed by atoms with Gasteiger partial charge < -0.3 is 14.2 Å². The summed E-state index contributed by atoms with van der Waals surface area (Å²) in [6.45, 7) is 9.00. The molecular weight excluding hydrogens is 733 g/mol. The van der Waals surface area contributed by atoms with Gasteiger partial charge in [-0.05, 0) is 25.2 Å². The smallest absolute Gasteiger partial charge is 0.306 e. The van der Waals surface area contributed by atoms with Crippen LogP contribution in [0.1, 0.15) is 297 Å². The molecule has 2 atom stereocenters. The zero-order chi connectivity index (χ0) is 43.1. The summed E-state index contributed by atoms with van der Waals surface area (Å²) in [7, 11) is 0. The molecule has 0 saturated heterocycles. The summed E-state index contributed by atoms with van der Waals surface area (Å²) in [6, 6.07) is 0. The highest BCUT2D eigenvalue weighted by Gasteiger charge is 2.19. The summed E-state index contributed by atoms with van der Waals surface area (Å²) in [4.78, 5) is 37.9. The maximum atomic E-state index is 12.8. The first-order chi connectivity index (χ1) is 28.9. The predicted molar refractivity (Wildman–Crippen MR) is 252 cm³/mol. The Kier molecular flexibility index (Phi) is 46.2. The normalized spacial score (nSPS) is 12.4. The number of ether oxygens (including phenoxy) is 3. The Hall–Kier alpha value is -1.59. The molecule has 0 amide bonds. The van der Waals surface area contributed by atoms with E-state index in [1.165, 1.54) is 193 Å². The Morgan fingerprint density at radius 3 is 0.881 bits per heavy atom. The fraction of sp³-hybridized carbons (Fsp3) is 0.943. The first-order valence-corrected chi connectivity index (χ1v) is 26.4. The van der Waals surface area contributed by atoms with Gasteiger partial charge in [-0.1, -0.05) is 259 Å². The van der Waals surface area contributed by atoms with Crippen molar-refractivity contribution in [1.82, 2.24) is 0 Å². The van der Waals surface area contributed by atoms with Crippen molar-refractivity contribution >= 4 is 17.9 Å². The molecule has 0 N–H and O–H groups in total. The quantitative estimate of drug-likeness (QED) is 0.0345. The molecule has 1 unspecified atom stereocenters. The van der Waals surface area contributed by atoms with Crippen LogP contribution < -0.4 is 0 Å². The Morgan fingerprint density at radius 2 is 0.593 bits per heavy atom. The van der Waals surface area contributed by atoms with E-state index in [2.05, 4.69) is 27.7 Å². The lowest BCUT2D eigenvalue weighted by molar-refractivity contribution is -0.167. The number of esters is 3. The summed E-state index contributed by atoms with van der Waals surface area (Å²) in [5, 5.41) is 0. The Morgan fingerprint density at radius 1 is 0.339 bits per heavy atom. The van der Waals surface area contributed by atoms with Crippen LogP contribution in [0, 0.1) is 5.92 Å². The third-order valence-corrected chi connectivity index (χ3v) is 12.4. The SMILES string of the molecule is CCCCCCCCCCCCCCCCCCCCC(=O)OC[C@H](COC(=O)CCCCCCCCC(C)CC)OC(=O)CCCCCCCCCCCCCCC. The van der Waals surface area contributed by atoms with Crippen molar-refractivity contribution in [3.8, 4) is 0 Å². The van der Waals surface area contributed by atoms with Crippen molar-refractivity contribution in [3.05, 3.63) is 0 Å². The van der Waals surface area contributed by atoms with Crippen molar-refractivity contribution in [2.75, 3.05) is 13.2 Å². The Balaban J connectivity index is 4.25. The predicted octanol–water partition coefficient (Wildman–Crippen LogP) is 17.1. The number of hydrogen-bond acceptors (Lipinski definition) is 6. The minimum Gasteiger partial charge on any atom is -0.462 e. The van der Waals surface area contributed by atoms with E-state index in [1.54, 1.807) is 0 Å². The molecule has 0 aliphatic heterocycles. The molecule has 0 aromatic rings. The second kappa shape index (κ2) is 47.5. The maximum Gasteiger partial charge on any atom is 0.306 e. The van der Waals surface area contributed by atoms with Crippen molar-refractivity contribution in [2.45, 2.75) is 303 Å². The van der Waals surface area contributed by atoms with Crippen LogP contribution in [-0.2, 0) is 28.6 Å². The van der Waals surface area contributed by atoms with Crippen LogP contribution in [0.2, 0.25) is 0 Å². The first-order valence-electron chi connectivity index (χ1n) is 26.4. The molecule has 350 valence electrons. The molecule has 0 spiro atoms. The van der Waals surface area contributed by atoms with Gasteiger partial charge in [0.25, 0.3) is 0 Å². The summed E-state index contributed by atoms with van der Waals surface area (Å²) >= 11 is 0. The molecule has 0 aliphatic rings. The van der Waals surface area contributed by atoms with Gasteiger partial charge in [-0.3, -0.25) is 14.4 Å². The van der Waals surface area contributed by atoms with Gasteiger partial charge in [-0.25, -0.2) is 0 Å². The molecule has 59 heavy (non-hydrogen) atoms. The molecule has 0 aromatic heterocycles. The van der Waals surface area contributed by atoms with E-state index in [0.717, 1.165) is 63.7 Å². The molecule has 0 radical (unpaired) electrons. The van der Waals surface area contributed by atoms with Crippen LogP contribution in [0.15, 0.2) is 0 Å². The zero-order valence-electron chi connectivity index (χ0n) is 40.2. The van der Waals surface area contributed by atoms with Crippen LogP contribution in [-0.4, -0.2) is 37.2 Å². The summed E-state index contributed by atoms with van der Waals surface area (Å²) in [5.74, 6) is -0.0324. The molecule has 0 rings (SSSR count). The van der Waals surface area contributed by atoms with Crippen molar-refractivity contribution in [3.63, 3.8) is 0 Å². The third kappa shape index (κ3) is 45.8. The molecule has 0 aromatic carbocycles. The van der Waals surface area contributed by atoms with Crippen LogP contribution in [0.4, 0.5) is 0 Å². The lowest BCUT2D eigenvalue weighted by Crippen LogP contribution is -2.30. The lowest BCUT2D eigenvalue weighted by atomic mass is 10.00. The van der Waals surface area contributed by atoms with E-state index in [1.807, 2.05) is 0 Å². The average Bonchev–Trinajstić information content (AvgIpc) is 3.23. The zero-order valence-corrected chi connectivity index (χ0v) is 40.2. The molecule has 0 fully saturated rings. The van der Waals surface area contributed by atoms with Gasteiger partial charge in [0.2, 0.25) is 0 Å². The van der Waals surface area contributed by atoms with Gasteiger partial charge in [-0.2, -0.15) is 0 Å². The first kappa shape index (κ1) is 57.4. The number of hydrogen-bond donors (Lipinski definition) is 0. The Labute approximate surface area is 368 Å². The monoisotopic (exact) mass is 835 g/mol. The van der Waals surface area contributed by atoms with Gasteiger partial charge in [0.15, 0.2) is 6.10 Å². The highest BCUT2D eigenvalue weighted by Crippen LogP contribution is 2.18. The van der Waals surface area contributed by atoms with E-state index in [4.69, 9.17) is 14.2 Å². The lowest BCUT2D eigenvalue weighted by Gasteiger charge is -2.18. The van der Waals surface area contributed by atoms with Gasteiger partial charge in [0.1, 0.15) is 13.2 Å². The van der Waals surface area contributed by atoms with Gasteiger partial charge in [-0.15, -0.1) is 0 Å². The third-order valence-electron chi connectivity index (χ3n) is 12.4. The van der Waals surface area contributed by atoms with Gasteiger partial charge in [0, 0.05) is 19.3 Å². The number of unbranched alkanes of at least 4 members (excludes halogenated alkanes) is 34. The van der Waals surface area contributed by atoms with E-state index < -0.39 is 6.10 Å². The second-order valence-electron chi connectivity index (χ2n) is 18.4. The van der Waals surface area contributed by atoms with E-state index in [9.17, 15) is 14.4 Å². The van der Waals surface area contributed by atoms with Crippen molar-refractivity contribution in [1.29, 1.82) is 0 Å². The second-order valence-corrected chi connectivity index (χ2v) is 18.4. The van der Waals surface area contributed by atoms with E-state index >= 15 is 0 Å². The fourth-order valence-electron chi connectivity index (χ4n) is 8.01. The van der Waals surface area contributed by atoms with Gasteiger partial charge in [0.05, 0.1) is 0 Å². The van der Waals surface area contributed by atoms with Crippen LogP contribution >= 0.6 is 0 Å². The standard InChI is InChI=1S/C53H102O6/c1-5-8-10-12-14-16-18-20-21-22-23-24-26-27-29-31-36-40-44-51(54)57-47-50(48-58-52(55)45-41-37-34-33-35-39-43-49(4)7-3)59-53(56)46-42-38-32-30-28-25-19-17-15-13-11-9-6-2/h49-50H,5-48H2,1-4H3/t49?,50-/m1/s1. The molecule has 0 aliphatic carbocycles. The largest absolute Gasteiger partial charge is 0.462 e. The van der Waals surface area contributed by atoms with E-state index in [-0.39, 0.29) is 31.1 Å². The number of carbonyl (C=O) groups excluding carboxylic acids is 3. The highest BCUT2D eigenvalue weighted by atomic mass is 16.6. The molecular formula is C53H102O6. The molecule has 0 saturated carbocycles. The van der Waals surface area contributed by atoms with Crippen molar-refractivity contribution in [2.24, 2.45) is 5.92 Å². The average molecular weight is 835 g/mol. The molecule has 6 heteroatoms. The van der Waals surface area contributed by atoms with Crippen LogP contribution in [0.5, 0.6) is 0 Å². The highest BCUT2D eigenvalue weighted by molar-refractivity contribution is 5.71. The fourth-order valence-corrected chi connectivity index (χ4v) is 8.01. The Bertz CT molecular complexity index is 889. The minimum atomic E-state index is -0.761. The van der Waals surface area contributed by atoms with Crippen LogP contribution in [0.25, 0.3) is 0 Å². The van der Waals surface area contributed by atoms with Gasteiger partial charge >= 0.3 is 17.9 Å². The summed E-state index contributed by atoms with van der Waals surface area (Å²) in [6.07, 6.45) is 49.5. The van der Waals surface area contributed by atoms with Crippen LogP contribution in [0.3, 0.4) is 0 Å². The topological polar surface area (TPSA) is 78.9 Å². The minimum absolute atomic E-state index is 0.0633. The molecule has 0 heterocycles. The summed E-state index contributed by atoms with van der Waals surface area (Å²) in [5.41, 5.74) is 0.